The molecule has 0 amide bonds. The maximum Gasteiger partial charge on any atom is 0.333 e. The van der Waals surface area contributed by atoms with Gasteiger partial charge in [-0.3, -0.25) is 0 Å². The van der Waals surface area contributed by atoms with E-state index >= 15 is 0 Å². The summed E-state index contributed by atoms with van der Waals surface area (Å²) in [7, 11) is 1.32. The molecule has 0 heterocycles. The van der Waals surface area contributed by atoms with Crippen molar-refractivity contribution in [2.45, 2.75) is 78.1 Å². The Balaban J connectivity index is 4.09. The molecule has 138 valence electrons. The average molecular weight is 338 g/mol. The summed E-state index contributed by atoms with van der Waals surface area (Å²) >= 11 is 0. The van der Waals surface area contributed by atoms with Crippen molar-refractivity contribution in [2.24, 2.45) is 0 Å². The first kappa shape index (κ1) is 22.4. The van der Waals surface area contributed by atoms with E-state index in [-0.39, 0.29) is 5.97 Å². The fraction of sp³-hybridized carbons (Fsp3) is 0.700. The molecule has 24 heavy (non-hydrogen) atoms. The fourth-order valence-corrected chi connectivity index (χ4v) is 2.41. The van der Waals surface area contributed by atoms with Crippen LogP contribution in [0, 0.1) is 0 Å². The number of hydrogen-bond acceptors (Lipinski definition) is 4. The van der Waals surface area contributed by atoms with Gasteiger partial charge in [0.2, 0.25) is 0 Å². The summed E-state index contributed by atoms with van der Waals surface area (Å²) in [4.78, 5) is 23.0. The molecule has 0 aliphatic carbocycles. The van der Waals surface area contributed by atoms with Crippen molar-refractivity contribution < 1.29 is 19.1 Å². The number of esters is 2. The number of allylic oxidation sites excluding steroid dienone is 2. The summed E-state index contributed by atoms with van der Waals surface area (Å²) in [5.74, 6) is -0.732. The topological polar surface area (TPSA) is 52.6 Å². The lowest BCUT2D eigenvalue weighted by atomic mass is 10.0. The highest BCUT2D eigenvalue weighted by atomic mass is 16.5. The third-order valence-electron chi connectivity index (χ3n) is 3.82. The third kappa shape index (κ3) is 12.9. The molecule has 0 fully saturated rings. The highest BCUT2D eigenvalue weighted by Gasteiger charge is 2.09. The van der Waals surface area contributed by atoms with Crippen molar-refractivity contribution >= 4 is 11.9 Å². The maximum atomic E-state index is 11.9. The molecule has 0 N–H and O–H groups in total. The number of carbonyl (C=O) groups is 2. The third-order valence-corrected chi connectivity index (χ3v) is 3.82. The van der Waals surface area contributed by atoms with E-state index in [1.165, 1.54) is 58.1 Å². The van der Waals surface area contributed by atoms with Gasteiger partial charge in [0.05, 0.1) is 13.7 Å². The second kappa shape index (κ2) is 16.3. The molecule has 0 saturated carbocycles. The summed E-state index contributed by atoms with van der Waals surface area (Å²) in [5.41, 5.74) is 0.611. The van der Waals surface area contributed by atoms with Gasteiger partial charge in [-0.25, -0.2) is 9.59 Å². The maximum absolute atomic E-state index is 11.9. The standard InChI is InChI=1S/C20H34O4/c1-4-6-7-8-9-10-11-12-13-15-18(20(22)24-5-2)16-14-17-19(21)23-3/h14,16-17H,4-13,15H2,1-3H3/b17-14+,18-16-. The minimum atomic E-state index is -0.433. The monoisotopic (exact) mass is 338 g/mol. The summed E-state index contributed by atoms with van der Waals surface area (Å²) in [6.07, 6.45) is 16.4. The molecular weight excluding hydrogens is 304 g/mol. The van der Waals surface area contributed by atoms with Crippen molar-refractivity contribution in [3.63, 3.8) is 0 Å². The molecule has 0 bridgehead atoms. The molecule has 0 rings (SSSR count). The van der Waals surface area contributed by atoms with Crippen LogP contribution >= 0.6 is 0 Å². The van der Waals surface area contributed by atoms with E-state index < -0.39 is 5.97 Å². The Morgan fingerprint density at radius 3 is 2.00 bits per heavy atom. The van der Waals surface area contributed by atoms with Crippen LogP contribution in [0.3, 0.4) is 0 Å². The molecule has 4 nitrogen and oxygen atoms in total. The number of ether oxygens (including phenoxy) is 2. The van der Waals surface area contributed by atoms with Gasteiger partial charge >= 0.3 is 11.9 Å². The van der Waals surface area contributed by atoms with E-state index in [0.717, 1.165) is 12.8 Å². The fourth-order valence-electron chi connectivity index (χ4n) is 2.41. The molecule has 0 aromatic rings. The summed E-state index contributed by atoms with van der Waals surface area (Å²) in [6.45, 7) is 4.38. The van der Waals surface area contributed by atoms with Gasteiger partial charge in [-0.2, -0.15) is 0 Å². The zero-order valence-corrected chi connectivity index (χ0v) is 15.6. The van der Waals surface area contributed by atoms with Crippen LogP contribution in [0.1, 0.15) is 78.1 Å². The SMILES string of the molecule is CCCCCCCCCCC/C(=C/C=C/C(=O)OC)C(=O)OCC. The lowest BCUT2D eigenvalue weighted by Gasteiger charge is -2.06. The molecule has 0 aliphatic rings. The van der Waals surface area contributed by atoms with Gasteiger partial charge in [-0.1, -0.05) is 70.4 Å². The van der Waals surface area contributed by atoms with Crippen molar-refractivity contribution in [3.8, 4) is 0 Å². The molecule has 4 heteroatoms. The van der Waals surface area contributed by atoms with Gasteiger partial charge < -0.3 is 9.47 Å². The van der Waals surface area contributed by atoms with Gasteiger partial charge in [0.25, 0.3) is 0 Å². The Morgan fingerprint density at radius 2 is 1.46 bits per heavy atom. The van der Waals surface area contributed by atoms with Gasteiger partial charge in [-0.15, -0.1) is 0 Å². The minimum absolute atomic E-state index is 0.299. The van der Waals surface area contributed by atoms with Crippen LogP contribution < -0.4 is 0 Å². The molecule has 0 aromatic carbocycles. The van der Waals surface area contributed by atoms with Gasteiger partial charge in [0.15, 0.2) is 0 Å². The van der Waals surface area contributed by atoms with Gasteiger partial charge in [0, 0.05) is 11.6 Å². The Labute approximate surface area is 147 Å². The van der Waals surface area contributed by atoms with E-state index in [0.29, 0.717) is 18.6 Å². The smallest absolute Gasteiger partial charge is 0.333 e. The molecular formula is C20H34O4. The van der Waals surface area contributed by atoms with Crippen LogP contribution in [-0.4, -0.2) is 25.7 Å². The first-order valence-electron chi connectivity index (χ1n) is 9.28. The Hall–Kier alpha value is -1.58. The quantitative estimate of drug-likeness (QED) is 0.191. The average Bonchev–Trinajstić information content (AvgIpc) is 2.58. The first-order chi connectivity index (χ1) is 11.7. The van der Waals surface area contributed by atoms with E-state index in [1.807, 2.05) is 0 Å². The predicted molar refractivity (Wildman–Crippen MR) is 97.7 cm³/mol. The minimum Gasteiger partial charge on any atom is -0.466 e. The lowest BCUT2D eigenvalue weighted by Crippen LogP contribution is -2.07. The number of unbranched alkanes of at least 4 members (excludes halogenated alkanes) is 8. The number of hydrogen-bond donors (Lipinski definition) is 0. The molecule has 0 radical (unpaired) electrons. The van der Waals surface area contributed by atoms with Gasteiger partial charge in [-0.05, 0) is 19.8 Å². The summed E-state index contributed by atoms with van der Waals surface area (Å²) in [6, 6.07) is 0. The zero-order chi connectivity index (χ0) is 18.0. The highest BCUT2D eigenvalue weighted by Crippen LogP contribution is 2.14. The van der Waals surface area contributed by atoms with E-state index in [9.17, 15) is 9.59 Å². The number of carbonyl (C=O) groups excluding carboxylic acids is 2. The molecule has 0 spiro atoms. The molecule has 0 saturated heterocycles. The second-order valence-electron chi connectivity index (χ2n) is 5.87. The molecule has 0 atom stereocenters. The molecule has 0 aromatic heterocycles. The summed E-state index contributed by atoms with van der Waals surface area (Å²) in [5, 5.41) is 0. The van der Waals surface area contributed by atoms with E-state index in [2.05, 4.69) is 11.7 Å². The van der Waals surface area contributed by atoms with Crippen LogP contribution in [0.2, 0.25) is 0 Å². The lowest BCUT2D eigenvalue weighted by molar-refractivity contribution is -0.138. The molecule has 0 aliphatic heterocycles. The van der Waals surface area contributed by atoms with Crippen LogP contribution in [-0.2, 0) is 19.1 Å². The van der Waals surface area contributed by atoms with Crippen LogP contribution in [0.5, 0.6) is 0 Å². The van der Waals surface area contributed by atoms with Crippen LogP contribution in [0.4, 0.5) is 0 Å². The molecule has 0 unspecified atom stereocenters. The Morgan fingerprint density at radius 1 is 0.875 bits per heavy atom. The second-order valence-corrected chi connectivity index (χ2v) is 5.87. The van der Waals surface area contributed by atoms with E-state index in [1.54, 1.807) is 19.1 Å². The zero-order valence-electron chi connectivity index (χ0n) is 15.6. The number of methoxy groups -OCH3 is 1. The number of rotatable bonds is 14. The predicted octanol–water partition coefficient (Wildman–Crippen LogP) is 5.13. The first-order valence-corrected chi connectivity index (χ1v) is 9.28. The van der Waals surface area contributed by atoms with Crippen LogP contribution in [0.25, 0.3) is 0 Å². The van der Waals surface area contributed by atoms with Crippen LogP contribution in [0.15, 0.2) is 23.8 Å². The van der Waals surface area contributed by atoms with Crippen molar-refractivity contribution in [1.82, 2.24) is 0 Å². The Bertz CT molecular complexity index is 396. The normalized spacial score (nSPS) is 11.7. The van der Waals surface area contributed by atoms with Crippen molar-refractivity contribution in [1.29, 1.82) is 0 Å². The van der Waals surface area contributed by atoms with E-state index in [4.69, 9.17) is 4.74 Å². The van der Waals surface area contributed by atoms with Gasteiger partial charge in [0.1, 0.15) is 0 Å². The van der Waals surface area contributed by atoms with Crippen molar-refractivity contribution in [2.75, 3.05) is 13.7 Å². The van der Waals surface area contributed by atoms with Crippen molar-refractivity contribution in [3.05, 3.63) is 23.8 Å². The summed E-state index contributed by atoms with van der Waals surface area (Å²) < 4.78 is 9.59. The largest absolute Gasteiger partial charge is 0.466 e. The highest BCUT2D eigenvalue weighted by molar-refractivity contribution is 5.89. The Kier molecular flexibility index (Phi) is 15.2.